The standard InChI is InChI=1S/C16H30N2O/c1-13(2)17-11-14-7-6-10-18(12-14)16(19)15-8-4-3-5-9-15/h13-15,17H,3-12H2,1-2H3. The van der Waals surface area contributed by atoms with Crippen molar-refractivity contribution in [2.24, 2.45) is 11.8 Å². The average Bonchev–Trinajstić information content (AvgIpc) is 2.45. The van der Waals surface area contributed by atoms with Crippen molar-refractivity contribution in [2.45, 2.75) is 64.8 Å². The molecule has 2 aliphatic rings. The highest BCUT2D eigenvalue weighted by Crippen LogP contribution is 2.27. The van der Waals surface area contributed by atoms with Crippen molar-refractivity contribution in [3.63, 3.8) is 0 Å². The van der Waals surface area contributed by atoms with E-state index in [2.05, 4.69) is 24.1 Å². The van der Waals surface area contributed by atoms with Crippen LogP contribution in [0.1, 0.15) is 58.8 Å². The maximum absolute atomic E-state index is 12.5. The first-order valence-corrected chi connectivity index (χ1v) is 8.19. The van der Waals surface area contributed by atoms with Crippen molar-refractivity contribution in [3.05, 3.63) is 0 Å². The lowest BCUT2D eigenvalue weighted by molar-refractivity contribution is -0.138. The summed E-state index contributed by atoms with van der Waals surface area (Å²) in [5.41, 5.74) is 0. The molecule has 0 aromatic rings. The summed E-state index contributed by atoms with van der Waals surface area (Å²) >= 11 is 0. The lowest BCUT2D eigenvalue weighted by Crippen LogP contribution is -2.46. The molecule has 0 bridgehead atoms. The Morgan fingerprint density at radius 2 is 1.89 bits per heavy atom. The first-order valence-electron chi connectivity index (χ1n) is 8.19. The molecule has 0 aromatic carbocycles. The molecule has 1 heterocycles. The van der Waals surface area contributed by atoms with Gasteiger partial charge in [0.25, 0.3) is 0 Å². The number of carbonyl (C=O) groups excluding carboxylic acids is 1. The summed E-state index contributed by atoms with van der Waals surface area (Å²) < 4.78 is 0. The number of carbonyl (C=O) groups is 1. The zero-order valence-electron chi connectivity index (χ0n) is 12.7. The van der Waals surface area contributed by atoms with Gasteiger partial charge in [0.05, 0.1) is 0 Å². The summed E-state index contributed by atoms with van der Waals surface area (Å²) in [6, 6.07) is 0.546. The van der Waals surface area contributed by atoms with Crippen molar-refractivity contribution in [1.82, 2.24) is 10.2 Å². The summed E-state index contributed by atoms with van der Waals surface area (Å²) in [4.78, 5) is 14.7. The largest absolute Gasteiger partial charge is 0.342 e. The molecule has 1 aliphatic heterocycles. The van der Waals surface area contributed by atoms with Crippen molar-refractivity contribution in [3.8, 4) is 0 Å². The fourth-order valence-electron chi connectivity index (χ4n) is 3.44. The molecule has 0 aromatic heterocycles. The summed E-state index contributed by atoms with van der Waals surface area (Å²) in [5.74, 6) is 1.45. The highest BCUT2D eigenvalue weighted by Gasteiger charge is 2.29. The maximum atomic E-state index is 12.5. The van der Waals surface area contributed by atoms with Crippen LogP contribution in [0.5, 0.6) is 0 Å². The molecule has 3 heteroatoms. The van der Waals surface area contributed by atoms with Crippen LogP contribution in [-0.4, -0.2) is 36.5 Å². The number of piperidine rings is 1. The van der Waals surface area contributed by atoms with Gasteiger partial charge in [-0.25, -0.2) is 0 Å². The SMILES string of the molecule is CC(C)NCC1CCCN(C(=O)C2CCCCC2)C1. The van der Waals surface area contributed by atoms with E-state index in [1.807, 2.05) is 0 Å². The molecule has 19 heavy (non-hydrogen) atoms. The van der Waals surface area contributed by atoms with Gasteiger partial charge in [-0.3, -0.25) is 4.79 Å². The normalized spacial score (nSPS) is 25.8. The molecule has 0 radical (unpaired) electrons. The fraction of sp³-hybridized carbons (Fsp3) is 0.938. The van der Waals surface area contributed by atoms with Gasteiger partial charge in [-0.1, -0.05) is 33.1 Å². The number of nitrogens with zero attached hydrogens (tertiary/aromatic N) is 1. The van der Waals surface area contributed by atoms with E-state index >= 15 is 0 Å². The first kappa shape index (κ1) is 14.8. The molecule has 110 valence electrons. The van der Waals surface area contributed by atoms with Gasteiger partial charge < -0.3 is 10.2 Å². The second-order valence-corrected chi connectivity index (χ2v) is 6.69. The third-order valence-electron chi connectivity index (χ3n) is 4.60. The van der Waals surface area contributed by atoms with Crippen LogP contribution < -0.4 is 5.32 Å². The van der Waals surface area contributed by atoms with Crippen molar-refractivity contribution < 1.29 is 4.79 Å². The second-order valence-electron chi connectivity index (χ2n) is 6.69. The average molecular weight is 266 g/mol. The Bertz CT molecular complexity index is 284. The second kappa shape index (κ2) is 7.28. The van der Waals surface area contributed by atoms with E-state index in [0.717, 1.165) is 32.5 Å². The van der Waals surface area contributed by atoms with Crippen LogP contribution in [0.4, 0.5) is 0 Å². The smallest absolute Gasteiger partial charge is 0.225 e. The third kappa shape index (κ3) is 4.48. The van der Waals surface area contributed by atoms with Gasteiger partial charge in [0.15, 0.2) is 0 Å². The van der Waals surface area contributed by atoms with Crippen molar-refractivity contribution in [1.29, 1.82) is 0 Å². The zero-order chi connectivity index (χ0) is 13.7. The van der Waals surface area contributed by atoms with Gasteiger partial charge >= 0.3 is 0 Å². The van der Waals surface area contributed by atoms with Gasteiger partial charge in [-0.05, 0) is 38.1 Å². The molecule has 1 atom stereocenters. The Morgan fingerprint density at radius 3 is 2.58 bits per heavy atom. The van der Waals surface area contributed by atoms with Gasteiger partial charge in [0.1, 0.15) is 0 Å². The van der Waals surface area contributed by atoms with Crippen LogP contribution in [0.3, 0.4) is 0 Å². The van der Waals surface area contributed by atoms with Gasteiger partial charge in [-0.15, -0.1) is 0 Å². The Kier molecular flexibility index (Phi) is 5.68. The molecule has 1 amide bonds. The molecule has 1 aliphatic carbocycles. The Balaban J connectivity index is 1.80. The topological polar surface area (TPSA) is 32.3 Å². The maximum Gasteiger partial charge on any atom is 0.225 e. The lowest BCUT2D eigenvalue weighted by Gasteiger charge is -2.36. The van der Waals surface area contributed by atoms with Crippen molar-refractivity contribution in [2.75, 3.05) is 19.6 Å². The molecule has 1 N–H and O–H groups in total. The van der Waals surface area contributed by atoms with Crippen molar-refractivity contribution >= 4 is 5.91 Å². The summed E-state index contributed by atoms with van der Waals surface area (Å²) in [7, 11) is 0. The van der Waals surface area contributed by atoms with E-state index in [4.69, 9.17) is 0 Å². The first-order chi connectivity index (χ1) is 9.16. The summed E-state index contributed by atoms with van der Waals surface area (Å²) in [6.45, 7) is 7.41. The summed E-state index contributed by atoms with van der Waals surface area (Å²) in [5, 5.41) is 3.52. The number of likely N-dealkylation sites (tertiary alicyclic amines) is 1. The molecular formula is C16H30N2O. The monoisotopic (exact) mass is 266 g/mol. The van der Waals surface area contributed by atoms with E-state index in [1.165, 1.54) is 32.1 Å². The minimum absolute atomic E-state index is 0.338. The number of rotatable bonds is 4. The van der Waals surface area contributed by atoms with Crippen LogP contribution in [0.15, 0.2) is 0 Å². The Hall–Kier alpha value is -0.570. The molecule has 1 saturated heterocycles. The highest BCUT2D eigenvalue weighted by atomic mass is 16.2. The van der Waals surface area contributed by atoms with Crippen LogP contribution in [-0.2, 0) is 4.79 Å². The quantitative estimate of drug-likeness (QED) is 0.848. The zero-order valence-corrected chi connectivity index (χ0v) is 12.7. The fourth-order valence-corrected chi connectivity index (χ4v) is 3.44. The summed E-state index contributed by atoms with van der Waals surface area (Å²) in [6.07, 6.45) is 8.54. The van der Waals surface area contributed by atoms with Gasteiger partial charge in [0.2, 0.25) is 5.91 Å². The molecular weight excluding hydrogens is 236 g/mol. The lowest BCUT2D eigenvalue weighted by atomic mass is 9.87. The van der Waals surface area contributed by atoms with Crippen LogP contribution in [0, 0.1) is 11.8 Å². The van der Waals surface area contributed by atoms with Crippen LogP contribution in [0.25, 0.3) is 0 Å². The molecule has 1 saturated carbocycles. The Morgan fingerprint density at radius 1 is 1.16 bits per heavy atom. The third-order valence-corrected chi connectivity index (χ3v) is 4.60. The van der Waals surface area contributed by atoms with E-state index in [0.29, 0.717) is 23.8 Å². The minimum Gasteiger partial charge on any atom is -0.342 e. The van der Waals surface area contributed by atoms with Crippen LogP contribution in [0.2, 0.25) is 0 Å². The molecule has 3 nitrogen and oxygen atoms in total. The van der Waals surface area contributed by atoms with Gasteiger partial charge in [0, 0.05) is 25.0 Å². The van der Waals surface area contributed by atoms with E-state index in [-0.39, 0.29) is 0 Å². The molecule has 1 unspecified atom stereocenters. The van der Waals surface area contributed by atoms with E-state index in [9.17, 15) is 4.79 Å². The molecule has 2 rings (SSSR count). The van der Waals surface area contributed by atoms with Gasteiger partial charge in [-0.2, -0.15) is 0 Å². The number of hydrogen-bond acceptors (Lipinski definition) is 2. The minimum atomic E-state index is 0.338. The predicted octanol–water partition coefficient (Wildman–Crippen LogP) is 2.80. The number of nitrogens with one attached hydrogen (secondary N) is 1. The predicted molar refractivity (Wildman–Crippen MR) is 79.0 cm³/mol. The van der Waals surface area contributed by atoms with E-state index < -0.39 is 0 Å². The molecule has 0 spiro atoms. The molecule has 2 fully saturated rings. The van der Waals surface area contributed by atoms with E-state index in [1.54, 1.807) is 0 Å². The van der Waals surface area contributed by atoms with Crippen LogP contribution >= 0.6 is 0 Å². The highest BCUT2D eigenvalue weighted by molar-refractivity contribution is 5.79. The number of amides is 1. The number of hydrogen-bond donors (Lipinski definition) is 1. The Labute approximate surface area is 118 Å².